The Kier molecular flexibility index (Phi) is 7.04. The molecule has 0 bridgehead atoms. The van der Waals surface area contributed by atoms with Gasteiger partial charge in [0.1, 0.15) is 15.7 Å². The number of fused-ring (bicyclic) bond motifs is 1. The van der Waals surface area contributed by atoms with Crippen molar-refractivity contribution in [3.63, 3.8) is 0 Å². The highest BCUT2D eigenvalue weighted by molar-refractivity contribution is 7.90. The summed E-state index contributed by atoms with van der Waals surface area (Å²) < 4.78 is 80.8. The number of aryl methyl sites for hydroxylation is 1. The summed E-state index contributed by atoms with van der Waals surface area (Å²) in [4.78, 5) is 12.2. The Hall–Kier alpha value is -3.45. The molecule has 4 rings (SSSR count). The third-order valence-corrected chi connectivity index (χ3v) is 8.57. The van der Waals surface area contributed by atoms with Gasteiger partial charge in [-0.3, -0.25) is 0 Å². The number of anilines is 1. The first-order valence-corrected chi connectivity index (χ1v) is 15.0. The van der Waals surface area contributed by atoms with Gasteiger partial charge in [0.2, 0.25) is 0 Å². The minimum absolute atomic E-state index is 0.00570. The lowest BCUT2D eigenvalue weighted by Gasteiger charge is -2.31. The van der Waals surface area contributed by atoms with Crippen LogP contribution in [0, 0.1) is 24.0 Å². The normalized spacial score (nSPS) is 13.6. The molecule has 0 aliphatic carbocycles. The van der Waals surface area contributed by atoms with E-state index in [-0.39, 0.29) is 38.9 Å². The van der Waals surface area contributed by atoms with E-state index in [1.54, 1.807) is 32.9 Å². The summed E-state index contributed by atoms with van der Waals surface area (Å²) >= 11 is 0. The van der Waals surface area contributed by atoms with Crippen LogP contribution in [-0.2, 0) is 19.9 Å². The van der Waals surface area contributed by atoms with Gasteiger partial charge in [-0.05, 0) is 30.5 Å². The van der Waals surface area contributed by atoms with Gasteiger partial charge in [-0.15, -0.1) is 0 Å². The molecule has 0 aliphatic rings. The number of hydrogen-bond acceptors (Lipinski definition) is 8. The van der Waals surface area contributed by atoms with Crippen molar-refractivity contribution in [1.82, 2.24) is 18.9 Å². The van der Waals surface area contributed by atoms with E-state index in [0.717, 1.165) is 34.3 Å². The van der Waals surface area contributed by atoms with Crippen LogP contribution in [0.5, 0.6) is 0 Å². The summed E-state index contributed by atoms with van der Waals surface area (Å²) in [6.45, 7) is 7.22. The van der Waals surface area contributed by atoms with Crippen LogP contribution in [0.4, 0.5) is 14.6 Å². The second-order valence-corrected chi connectivity index (χ2v) is 14.2. The van der Waals surface area contributed by atoms with E-state index < -0.39 is 43.0 Å². The number of pyridine rings is 1. The minimum atomic E-state index is -4.14. The molecule has 1 N–H and O–H groups in total. The topological polar surface area (TPSA) is 124 Å². The van der Waals surface area contributed by atoms with Crippen LogP contribution in [0.3, 0.4) is 0 Å². The lowest BCUT2D eigenvalue weighted by atomic mass is 9.88. The van der Waals surface area contributed by atoms with Gasteiger partial charge in [0.15, 0.2) is 23.1 Å². The van der Waals surface area contributed by atoms with E-state index in [1.807, 2.05) is 6.92 Å². The van der Waals surface area contributed by atoms with Crippen molar-refractivity contribution in [2.45, 2.75) is 38.6 Å². The van der Waals surface area contributed by atoms with Gasteiger partial charge in [0.05, 0.1) is 23.0 Å². The van der Waals surface area contributed by atoms with Crippen LogP contribution in [0.1, 0.15) is 26.3 Å². The molecule has 0 amide bonds. The van der Waals surface area contributed by atoms with E-state index >= 15 is 0 Å². The summed E-state index contributed by atoms with van der Waals surface area (Å²) in [5.41, 5.74) is 0.313. The Labute approximate surface area is 219 Å². The maximum Gasteiger partial charge on any atom is 0.269 e. The standard InChI is InChI=1S/C25H27F2N5O4S2/c1-15-6-8-17(9-7-15)38(35,36)32-13-19(18-10-16(26)11-29-24(18)32)22-28-12-20(27)23(31-22)30-21(25(2,3)4)14-37(5,33)34/h6-13,21H,14H2,1-5H3,(H,28,30,31). The Morgan fingerprint density at radius 3 is 2.29 bits per heavy atom. The number of aromatic nitrogens is 4. The first kappa shape index (κ1) is 27.6. The largest absolute Gasteiger partial charge is 0.363 e. The quantitative estimate of drug-likeness (QED) is 0.355. The molecule has 0 aliphatic heterocycles. The van der Waals surface area contributed by atoms with E-state index in [4.69, 9.17) is 0 Å². The summed E-state index contributed by atoms with van der Waals surface area (Å²) in [6.07, 6.45) is 4.07. The lowest BCUT2D eigenvalue weighted by molar-refractivity contribution is 0.358. The molecule has 13 heteroatoms. The van der Waals surface area contributed by atoms with E-state index in [0.29, 0.717) is 0 Å². The fourth-order valence-electron chi connectivity index (χ4n) is 3.81. The van der Waals surface area contributed by atoms with Gasteiger partial charge in [-0.1, -0.05) is 38.5 Å². The van der Waals surface area contributed by atoms with E-state index in [2.05, 4.69) is 20.3 Å². The molecule has 0 fully saturated rings. The third-order valence-electron chi connectivity index (χ3n) is 5.97. The molecule has 202 valence electrons. The Bertz CT molecular complexity index is 1730. The number of halogens is 2. The zero-order valence-electron chi connectivity index (χ0n) is 21.4. The fourth-order valence-corrected chi connectivity index (χ4v) is 6.33. The molecule has 0 spiro atoms. The van der Waals surface area contributed by atoms with Gasteiger partial charge in [-0.2, -0.15) is 0 Å². The summed E-state index contributed by atoms with van der Waals surface area (Å²) in [6, 6.07) is 6.58. The average molecular weight is 564 g/mol. The second kappa shape index (κ2) is 9.70. The zero-order valence-corrected chi connectivity index (χ0v) is 23.0. The van der Waals surface area contributed by atoms with Crippen LogP contribution in [0.2, 0.25) is 0 Å². The van der Waals surface area contributed by atoms with Gasteiger partial charge in [0.25, 0.3) is 10.0 Å². The molecule has 1 unspecified atom stereocenters. The molecule has 3 heterocycles. The molecule has 1 aromatic carbocycles. The van der Waals surface area contributed by atoms with Crippen LogP contribution in [-0.4, -0.2) is 53.8 Å². The minimum Gasteiger partial charge on any atom is -0.363 e. The number of nitrogens with one attached hydrogen (secondary N) is 1. The van der Waals surface area contributed by atoms with E-state index in [9.17, 15) is 25.6 Å². The van der Waals surface area contributed by atoms with Crippen molar-refractivity contribution in [3.8, 4) is 11.4 Å². The molecule has 0 saturated heterocycles. The average Bonchev–Trinajstić information content (AvgIpc) is 3.18. The first-order chi connectivity index (χ1) is 17.6. The third kappa shape index (κ3) is 5.68. The molecule has 9 nitrogen and oxygen atoms in total. The predicted octanol–water partition coefficient (Wildman–Crippen LogP) is 4.19. The van der Waals surface area contributed by atoms with Crippen LogP contribution < -0.4 is 5.32 Å². The number of sulfone groups is 1. The van der Waals surface area contributed by atoms with Gasteiger partial charge >= 0.3 is 0 Å². The van der Waals surface area contributed by atoms with Crippen molar-refractivity contribution in [2.24, 2.45) is 5.41 Å². The Morgan fingerprint density at radius 1 is 1.03 bits per heavy atom. The second-order valence-electron chi connectivity index (χ2n) is 10.2. The van der Waals surface area contributed by atoms with E-state index in [1.165, 1.54) is 18.3 Å². The highest BCUT2D eigenvalue weighted by Crippen LogP contribution is 2.32. The van der Waals surface area contributed by atoms with Crippen LogP contribution in [0.25, 0.3) is 22.4 Å². The van der Waals surface area contributed by atoms with Crippen LogP contribution >= 0.6 is 0 Å². The Balaban J connectivity index is 1.87. The number of benzene rings is 1. The van der Waals surface area contributed by atoms with Crippen LogP contribution in [0.15, 0.2) is 53.8 Å². The summed E-state index contributed by atoms with van der Waals surface area (Å²) in [7, 11) is -7.57. The molecule has 38 heavy (non-hydrogen) atoms. The highest BCUT2D eigenvalue weighted by Gasteiger charge is 2.30. The molecular formula is C25H27F2N5O4S2. The Morgan fingerprint density at radius 2 is 1.68 bits per heavy atom. The molecular weight excluding hydrogens is 536 g/mol. The first-order valence-electron chi connectivity index (χ1n) is 11.5. The van der Waals surface area contributed by atoms with Crippen molar-refractivity contribution >= 4 is 36.7 Å². The number of hydrogen-bond donors (Lipinski definition) is 1. The fraction of sp³-hybridized carbons (Fsp3) is 0.320. The zero-order chi connectivity index (χ0) is 28.0. The van der Waals surface area contributed by atoms with Crippen molar-refractivity contribution in [2.75, 3.05) is 17.3 Å². The summed E-state index contributed by atoms with van der Waals surface area (Å²) in [5, 5.41) is 2.96. The molecule has 3 aromatic heterocycles. The molecule has 0 saturated carbocycles. The van der Waals surface area contributed by atoms with Gasteiger partial charge in [-0.25, -0.2) is 44.5 Å². The van der Waals surface area contributed by atoms with Gasteiger partial charge < -0.3 is 5.32 Å². The predicted molar refractivity (Wildman–Crippen MR) is 141 cm³/mol. The number of rotatable bonds is 7. The maximum atomic E-state index is 14.8. The summed E-state index contributed by atoms with van der Waals surface area (Å²) in [5.74, 6) is -2.21. The van der Waals surface area contributed by atoms with Crippen molar-refractivity contribution in [3.05, 3.63) is 66.1 Å². The SMILES string of the molecule is Cc1ccc(S(=O)(=O)n2cc(-c3ncc(F)c(NC(CS(C)(=O)=O)C(C)(C)C)n3)c3cc(F)cnc32)cc1. The monoisotopic (exact) mass is 563 g/mol. The number of nitrogens with zero attached hydrogens (tertiary/aromatic N) is 4. The highest BCUT2D eigenvalue weighted by atomic mass is 32.2. The lowest BCUT2D eigenvalue weighted by Crippen LogP contribution is -2.40. The van der Waals surface area contributed by atoms with Crippen molar-refractivity contribution in [1.29, 1.82) is 0 Å². The molecule has 1 atom stereocenters. The molecule has 0 radical (unpaired) electrons. The smallest absolute Gasteiger partial charge is 0.269 e. The van der Waals surface area contributed by atoms with Gasteiger partial charge in [0, 0.05) is 29.4 Å². The van der Waals surface area contributed by atoms with Crippen molar-refractivity contribution < 1.29 is 25.6 Å². The molecule has 4 aromatic rings. The maximum absolute atomic E-state index is 14.8.